The van der Waals surface area contributed by atoms with E-state index in [-0.39, 0.29) is 26.1 Å². The second kappa shape index (κ2) is 62.9. The lowest BCUT2D eigenvalue weighted by molar-refractivity contribution is -0.870. The summed E-state index contributed by atoms with van der Waals surface area (Å²) in [6.07, 6.45) is 95.6. The zero-order valence-electron chi connectivity index (χ0n) is 53.8. The molecule has 0 fully saturated rings. The van der Waals surface area contributed by atoms with E-state index in [4.69, 9.17) is 18.5 Å². The molecule has 9 nitrogen and oxygen atoms in total. The third-order valence-electron chi connectivity index (χ3n) is 13.2. The van der Waals surface area contributed by atoms with Crippen LogP contribution in [0.4, 0.5) is 0 Å². The lowest BCUT2D eigenvalue weighted by Crippen LogP contribution is -2.37. The molecule has 0 aromatic heterocycles. The second-order valence-corrected chi connectivity index (χ2v) is 23.8. The maximum absolute atomic E-state index is 12.8. The van der Waals surface area contributed by atoms with Gasteiger partial charge in [0, 0.05) is 12.8 Å². The normalized spacial score (nSPS) is 14.3. The molecule has 0 heterocycles. The number of carbonyl (C=O) groups is 2. The standard InChI is InChI=1S/C74H120NO8P/c1-6-8-10-12-14-16-18-20-22-24-26-28-30-32-34-35-36-37-38-39-41-43-45-47-49-51-53-55-57-59-61-63-65-67-74(77)83-72(71-82-84(78,79)81-69-68-75(3,4)5)70-80-73(76)66-64-62-60-58-56-54-52-50-48-46-44-42-40-33-31-29-27-25-23-21-19-17-15-13-11-9-7-2/h8-11,14-17,20-23,26-29,32,34,36-37,39,41,45,47,51,53,57,59,72H,6-7,12-13,18-19,24-25,30-31,33,35,38,40,42-44,46,48-50,52,54-56,58,60-71H2,1-5H3/b10-8-,11-9-,16-14-,17-15-,22-20-,23-21-,28-26-,29-27-,34-32-,37-36-,41-39-,47-45-,53-51-,59-57-. The van der Waals surface area contributed by atoms with Crippen molar-refractivity contribution >= 4 is 19.8 Å². The quantitative estimate of drug-likeness (QED) is 0.0195. The van der Waals surface area contributed by atoms with Crippen molar-refractivity contribution in [2.24, 2.45) is 0 Å². The zero-order chi connectivity index (χ0) is 61.2. The highest BCUT2D eigenvalue weighted by Crippen LogP contribution is 2.38. The molecule has 0 saturated carbocycles. The van der Waals surface area contributed by atoms with Gasteiger partial charge < -0.3 is 27.9 Å². The molecule has 0 rings (SSSR count). The van der Waals surface area contributed by atoms with E-state index >= 15 is 0 Å². The lowest BCUT2D eigenvalue weighted by Gasteiger charge is -2.28. The van der Waals surface area contributed by atoms with Crippen molar-refractivity contribution in [3.63, 3.8) is 0 Å². The van der Waals surface area contributed by atoms with E-state index in [0.29, 0.717) is 23.9 Å². The number of ether oxygens (including phenoxy) is 2. The molecule has 0 saturated heterocycles. The summed E-state index contributed by atoms with van der Waals surface area (Å²) in [6, 6.07) is 0. The molecule has 0 aliphatic carbocycles. The van der Waals surface area contributed by atoms with Crippen LogP contribution in [-0.2, 0) is 32.7 Å². The van der Waals surface area contributed by atoms with Crippen LogP contribution >= 0.6 is 7.82 Å². The summed E-state index contributed by atoms with van der Waals surface area (Å²) in [7, 11) is 1.11. The van der Waals surface area contributed by atoms with E-state index in [1.54, 1.807) is 0 Å². The van der Waals surface area contributed by atoms with Gasteiger partial charge in [0.25, 0.3) is 7.82 Å². The van der Waals surface area contributed by atoms with E-state index in [9.17, 15) is 19.0 Å². The highest BCUT2D eigenvalue weighted by atomic mass is 31.2. The molecule has 0 aromatic carbocycles. The Morgan fingerprint density at radius 1 is 0.369 bits per heavy atom. The van der Waals surface area contributed by atoms with Gasteiger partial charge in [-0.05, 0) is 128 Å². The van der Waals surface area contributed by atoms with Gasteiger partial charge in [0.15, 0.2) is 6.10 Å². The van der Waals surface area contributed by atoms with Gasteiger partial charge in [-0.15, -0.1) is 0 Å². The first kappa shape index (κ1) is 79.4. The summed E-state index contributed by atoms with van der Waals surface area (Å²) in [5.74, 6) is -0.896. The molecular weight excluding hydrogens is 1060 g/mol. The number of likely N-dealkylation sites (N-methyl/N-ethyl adjacent to an activating group) is 1. The number of unbranched alkanes of at least 4 members (excludes halogenated alkanes) is 16. The Hall–Kier alpha value is -4.63. The Bertz CT molecular complexity index is 2020. The maximum atomic E-state index is 12.8. The number of phosphoric acid groups is 1. The molecular formula is C74H120NO8P. The molecule has 84 heavy (non-hydrogen) atoms. The van der Waals surface area contributed by atoms with Crippen molar-refractivity contribution in [2.75, 3.05) is 47.5 Å². The maximum Gasteiger partial charge on any atom is 0.306 e. The second-order valence-electron chi connectivity index (χ2n) is 22.4. The monoisotopic (exact) mass is 1180 g/mol. The van der Waals surface area contributed by atoms with Crippen molar-refractivity contribution in [1.82, 2.24) is 0 Å². The number of quaternary nitrogens is 1. The lowest BCUT2D eigenvalue weighted by atomic mass is 10.0. The average molecular weight is 1180 g/mol. The number of carbonyl (C=O) groups excluding carboxylic acids is 2. The largest absolute Gasteiger partial charge is 0.756 e. The number of phosphoric ester groups is 1. The first-order valence-corrected chi connectivity index (χ1v) is 34.3. The van der Waals surface area contributed by atoms with Gasteiger partial charge in [0.05, 0.1) is 27.7 Å². The van der Waals surface area contributed by atoms with E-state index in [1.807, 2.05) is 21.1 Å². The molecule has 0 aliphatic rings. The average Bonchev–Trinajstić information content (AvgIpc) is 3.61. The summed E-state index contributed by atoms with van der Waals surface area (Å²) >= 11 is 0. The fraction of sp³-hybridized carbons (Fsp3) is 0.595. The van der Waals surface area contributed by atoms with Crippen LogP contribution in [0.2, 0.25) is 0 Å². The molecule has 0 aliphatic heterocycles. The predicted octanol–water partition coefficient (Wildman–Crippen LogP) is 20.7. The number of hydrogen-bond donors (Lipinski definition) is 0. The first-order valence-electron chi connectivity index (χ1n) is 32.8. The summed E-state index contributed by atoms with van der Waals surface area (Å²) in [4.78, 5) is 38.0. The van der Waals surface area contributed by atoms with Crippen LogP contribution in [0, 0.1) is 0 Å². The number of nitrogens with zero attached hydrogens (tertiary/aromatic N) is 1. The van der Waals surface area contributed by atoms with Crippen LogP contribution in [0.1, 0.15) is 232 Å². The topological polar surface area (TPSA) is 111 Å². The molecule has 474 valence electrons. The molecule has 0 bridgehead atoms. The van der Waals surface area contributed by atoms with Crippen molar-refractivity contribution in [2.45, 2.75) is 238 Å². The van der Waals surface area contributed by atoms with Crippen LogP contribution in [0.3, 0.4) is 0 Å². The van der Waals surface area contributed by atoms with Gasteiger partial charge in [-0.2, -0.15) is 0 Å². The summed E-state index contributed by atoms with van der Waals surface area (Å²) in [5.41, 5.74) is 0. The fourth-order valence-corrected chi connectivity index (χ4v) is 8.99. The van der Waals surface area contributed by atoms with Crippen LogP contribution in [0.25, 0.3) is 0 Å². The molecule has 10 heteroatoms. The van der Waals surface area contributed by atoms with Gasteiger partial charge in [-0.3, -0.25) is 14.2 Å². The Morgan fingerprint density at radius 3 is 0.976 bits per heavy atom. The van der Waals surface area contributed by atoms with E-state index < -0.39 is 32.5 Å². The Kier molecular flexibility index (Phi) is 59.4. The van der Waals surface area contributed by atoms with Gasteiger partial charge >= 0.3 is 11.9 Å². The van der Waals surface area contributed by atoms with E-state index in [0.717, 1.165) is 122 Å². The minimum Gasteiger partial charge on any atom is -0.756 e. The predicted molar refractivity (Wildman–Crippen MR) is 360 cm³/mol. The third kappa shape index (κ3) is 66.5. The molecule has 0 amide bonds. The molecule has 0 aromatic rings. The minimum atomic E-state index is -4.67. The van der Waals surface area contributed by atoms with E-state index in [1.165, 1.54) is 70.6 Å². The number of hydrogen-bond acceptors (Lipinski definition) is 8. The van der Waals surface area contributed by atoms with Crippen LogP contribution < -0.4 is 4.89 Å². The Balaban J connectivity index is 4.24. The van der Waals surface area contributed by atoms with Crippen LogP contribution in [-0.4, -0.2) is 70.0 Å². The number of allylic oxidation sites excluding steroid dienone is 28. The zero-order valence-corrected chi connectivity index (χ0v) is 54.7. The van der Waals surface area contributed by atoms with Crippen LogP contribution in [0.5, 0.6) is 0 Å². The van der Waals surface area contributed by atoms with Gasteiger partial charge in [0.2, 0.25) is 0 Å². The third-order valence-corrected chi connectivity index (χ3v) is 14.2. The Labute approximate surface area is 515 Å². The molecule has 0 N–H and O–H groups in total. The van der Waals surface area contributed by atoms with Crippen molar-refractivity contribution < 1.29 is 42.1 Å². The van der Waals surface area contributed by atoms with Crippen LogP contribution in [0.15, 0.2) is 170 Å². The smallest absolute Gasteiger partial charge is 0.306 e. The number of esters is 2. The molecule has 0 radical (unpaired) electrons. The molecule has 2 unspecified atom stereocenters. The van der Waals surface area contributed by atoms with Gasteiger partial charge in [0.1, 0.15) is 19.8 Å². The van der Waals surface area contributed by atoms with Gasteiger partial charge in [-0.25, -0.2) is 0 Å². The first-order chi connectivity index (χ1) is 41.0. The summed E-state index contributed by atoms with van der Waals surface area (Å²) < 4.78 is 34.2. The fourth-order valence-electron chi connectivity index (χ4n) is 8.26. The Morgan fingerprint density at radius 2 is 0.643 bits per heavy atom. The SMILES string of the molecule is CC/C=C\C/C=C\C/C=C\C/C=C\C/C=C\C/C=C\C/C=C\C/C=C\C/C=C\C/C=C\CCCCC(=O)OC(COC(=O)CCCCCCCCCCCCCCCC/C=C\C/C=C\C/C=C\C/C=C\CC)COP(=O)([O-])OCC[N+](C)(C)C. The van der Waals surface area contributed by atoms with Crippen molar-refractivity contribution in [1.29, 1.82) is 0 Å². The summed E-state index contributed by atoms with van der Waals surface area (Å²) in [5, 5.41) is 0. The molecule has 0 spiro atoms. The highest BCUT2D eigenvalue weighted by molar-refractivity contribution is 7.45. The van der Waals surface area contributed by atoms with E-state index in [2.05, 4.69) is 184 Å². The molecule has 2 atom stereocenters. The van der Waals surface area contributed by atoms with Crippen molar-refractivity contribution in [3.8, 4) is 0 Å². The highest BCUT2D eigenvalue weighted by Gasteiger charge is 2.22. The summed E-state index contributed by atoms with van der Waals surface area (Å²) in [6.45, 7) is 3.95. The van der Waals surface area contributed by atoms with Gasteiger partial charge in [-0.1, -0.05) is 261 Å². The van der Waals surface area contributed by atoms with Crippen molar-refractivity contribution in [3.05, 3.63) is 170 Å². The minimum absolute atomic E-state index is 0.0488. The number of rotatable bonds is 58.